The van der Waals surface area contributed by atoms with E-state index in [1.54, 1.807) is 0 Å². The van der Waals surface area contributed by atoms with Gasteiger partial charge in [0.2, 0.25) is 5.91 Å². The van der Waals surface area contributed by atoms with Gasteiger partial charge in [-0.15, -0.1) is 0 Å². The molecule has 1 heterocycles. The van der Waals surface area contributed by atoms with Crippen LogP contribution in [0.5, 0.6) is 0 Å². The van der Waals surface area contributed by atoms with Crippen molar-refractivity contribution in [2.75, 3.05) is 31.5 Å². The van der Waals surface area contributed by atoms with E-state index in [9.17, 15) is 4.79 Å². The van der Waals surface area contributed by atoms with Crippen LogP contribution < -0.4 is 10.6 Å². The fraction of sp³-hybridized carbons (Fsp3) is 0.632. The number of anilines is 1. The summed E-state index contributed by atoms with van der Waals surface area (Å²) in [5.74, 6) is 0.0377. The molecule has 2 aliphatic rings. The lowest BCUT2D eigenvalue weighted by Gasteiger charge is -2.49. The van der Waals surface area contributed by atoms with Gasteiger partial charge >= 0.3 is 0 Å². The van der Waals surface area contributed by atoms with Gasteiger partial charge in [0.1, 0.15) is 0 Å². The molecule has 2 N–H and O–H groups in total. The molecule has 0 aromatic heterocycles. The van der Waals surface area contributed by atoms with E-state index >= 15 is 0 Å². The Morgan fingerprint density at radius 3 is 2.75 bits per heavy atom. The van der Waals surface area contributed by atoms with Crippen molar-refractivity contribution < 1.29 is 4.79 Å². The summed E-state index contributed by atoms with van der Waals surface area (Å²) in [6.45, 7) is 7.35. The lowest BCUT2D eigenvalue weighted by molar-refractivity contribution is -0.120. The summed E-state index contributed by atoms with van der Waals surface area (Å²) >= 11 is 6.33. The monoisotopic (exact) mass is 349 g/mol. The van der Waals surface area contributed by atoms with Crippen LogP contribution in [0.25, 0.3) is 0 Å². The Labute approximate surface area is 149 Å². The van der Waals surface area contributed by atoms with E-state index in [-0.39, 0.29) is 11.4 Å². The molecule has 132 valence electrons. The number of carbonyl (C=O) groups excluding carboxylic acids is 1. The van der Waals surface area contributed by atoms with Gasteiger partial charge in [0.15, 0.2) is 0 Å². The van der Waals surface area contributed by atoms with E-state index in [0.717, 1.165) is 36.4 Å². The number of amides is 1. The molecule has 1 saturated heterocycles. The molecule has 1 saturated carbocycles. The van der Waals surface area contributed by atoms with Crippen molar-refractivity contribution in [1.82, 2.24) is 10.2 Å². The molecule has 1 aromatic carbocycles. The molecule has 0 atom stereocenters. The van der Waals surface area contributed by atoms with Crippen LogP contribution in [0.3, 0.4) is 0 Å². The van der Waals surface area contributed by atoms with Crippen molar-refractivity contribution in [2.24, 2.45) is 0 Å². The van der Waals surface area contributed by atoms with Gasteiger partial charge in [-0.3, -0.25) is 9.69 Å². The highest BCUT2D eigenvalue weighted by Crippen LogP contribution is 2.34. The summed E-state index contributed by atoms with van der Waals surface area (Å²) in [6, 6.07) is 3.95. The Morgan fingerprint density at radius 2 is 2.04 bits per heavy atom. The highest BCUT2D eigenvalue weighted by molar-refractivity contribution is 6.34. The van der Waals surface area contributed by atoms with E-state index in [0.29, 0.717) is 11.6 Å². The third-order valence-corrected chi connectivity index (χ3v) is 5.80. The van der Waals surface area contributed by atoms with Gasteiger partial charge in [0.05, 0.1) is 17.3 Å². The van der Waals surface area contributed by atoms with Crippen LogP contribution in [-0.4, -0.2) is 42.5 Å². The molecule has 1 aliphatic carbocycles. The summed E-state index contributed by atoms with van der Waals surface area (Å²) in [5.41, 5.74) is 3.04. The number of rotatable bonds is 3. The predicted octanol–water partition coefficient (Wildman–Crippen LogP) is 3.50. The second-order valence-electron chi connectivity index (χ2n) is 7.37. The number of hydrogen-bond acceptors (Lipinski definition) is 3. The lowest BCUT2D eigenvalue weighted by atomic mass is 9.79. The molecule has 4 nitrogen and oxygen atoms in total. The second kappa shape index (κ2) is 7.42. The normalized spacial score (nSPS) is 21.0. The zero-order valence-electron chi connectivity index (χ0n) is 14.8. The van der Waals surface area contributed by atoms with E-state index in [1.807, 2.05) is 19.9 Å². The minimum Gasteiger partial charge on any atom is -0.323 e. The number of carbonyl (C=O) groups is 1. The Balaban J connectivity index is 1.69. The van der Waals surface area contributed by atoms with Gasteiger partial charge in [-0.25, -0.2) is 0 Å². The number of nitrogens with zero attached hydrogens (tertiary/aromatic N) is 1. The maximum absolute atomic E-state index is 12.7. The van der Waals surface area contributed by atoms with Gasteiger partial charge < -0.3 is 10.6 Å². The standard InChI is InChI=1S/C19H28ClN3O/c1-14-10-15(2)18(16(20)11-14)22-17(24)12-23-9-8-21-13-19(23)6-4-3-5-7-19/h10-11,21H,3-9,12-13H2,1-2H3,(H,22,24). The largest absolute Gasteiger partial charge is 0.323 e. The first-order valence-electron chi connectivity index (χ1n) is 9.03. The van der Waals surface area contributed by atoms with Gasteiger partial charge in [-0.1, -0.05) is 36.9 Å². The highest BCUT2D eigenvalue weighted by Gasteiger charge is 2.40. The first kappa shape index (κ1) is 17.7. The number of hydrogen-bond donors (Lipinski definition) is 2. The van der Waals surface area contributed by atoms with Crippen LogP contribution in [0, 0.1) is 13.8 Å². The molecular weight excluding hydrogens is 322 g/mol. The summed E-state index contributed by atoms with van der Waals surface area (Å²) in [4.78, 5) is 15.1. The zero-order chi connectivity index (χ0) is 17.2. The molecule has 1 aromatic rings. The third kappa shape index (κ3) is 3.76. The van der Waals surface area contributed by atoms with Crippen molar-refractivity contribution in [3.05, 3.63) is 28.3 Å². The summed E-state index contributed by atoms with van der Waals surface area (Å²) in [5, 5.41) is 7.19. The molecule has 0 radical (unpaired) electrons. The van der Waals surface area contributed by atoms with Crippen LogP contribution in [-0.2, 0) is 4.79 Å². The summed E-state index contributed by atoms with van der Waals surface area (Å²) in [7, 11) is 0. The predicted molar refractivity (Wildman–Crippen MR) is 99.8 cm³/mol. The average molecular weight is 350 g/mol. The van der Waals surface area contributed by atoms with Crippen molar-refractivity contribution in [1.29, 1.82) is 0 Å². The maximum atomic E-state index is 12.7. The number of benzene rings is 1. The molecule has 0 bridgehead atoms. The third-order valence-electron chi connectivity index (χ3n) is 5.50. The molecule has 24 heavy (non-hydrogen) atoms. The first-order valence-corrected chi connectivity index (χ1v) is 9.40. The zero-order valence-corrected chi connectivity index (χ0v) is 15.5. The second-order valence-corrected chi connectivity index (χ2v) is 7.78. The molecule has 1 amide bonds. The molecule has 5 heteroatoms. The minimum atomic E-state index is 0.0377. The summed E-state index contributed by atoms with van der Waals surface area (Å²) in [6.07, 6.45) is 6.24. The first-order chi connectivity index (χ1) is 11.5. The van der Waals surface area contributed by atoms with Crippen molar-refractivity contribution >= 4 is 23.2 Å². The van der Waals surface area contributed by atoms with Gasteiger partial charge in [0, 0.05) is 25.2 Å². The smallest absolute Gasteiger partial charge is 0.238 e. The van der Waals surface area contributed by atoms with Gasteiger partial charge in [-0.05, 0) is 43.9 Å². The molecule has 0 unspecified atom stereocenters. The van der Waals surface area contributed by atoms with Crippen molar-refractivity contribution in [3.63, 3.8) is 0 Å². The van der Waals surface area contributed by atoms with Crippen LogP contribution in [0.15, 0.2) is 12.1 Å². The SMILES string of the molecule is Cc1cc(C)c(NC(=O)CN2CCNCC23CCCCC3)c(Cl)c1. The van der Waals surface area contributed by atoms with Crippen LogP contribution in [0.1, 0.15) is 43.2 Å². The van der Waals surface area contributed by atoms with Crippen molar-refractivity contribution in [2.45, 2.75) is 51.5 Å². The fourth-order valence-corrected chi connectivity index (χ4v) is 4.63. The Kier molecular flexibility index (Phi) is 5.48. The van der Waals surface area contributed by atoms with Gasteiger partial charge in [-0.2, -0.15) is 0 Å². The number of halogens is 1. The lowest BCUT2D eigenvalue weighted by Crippen LogP contribution is -2.63. The molecule has 3 rings (SSSR count). The summed E-state index contributed by atoms with van der Waals surface area (Å²) < 4.78 is 0. The number of piperazine rings is 1. The fourth-order valence-electron chi connectivity index (χ4n) is 4.26. The highest BCUT2D eigenvalue weighted by atomic mass is 35.5. The maximum Gasteiger partial charge on any atom is 0.238 e. The quantitative estimate of drug-likeness (QED) is 0.877. The van der Waals surface area contributed by atoms with Crippen LogP contribution in [0.4, 0.5) is 5.69 Å². The molecule has 2 fully saturated rings. The van der Waals surface area contributed by atoms with E-state index in [4.69, 9.17) is 11.6 Å². The van der Waals surface area contributed by atoms with Gasteiger partial charge in [0.25, 0.3) is 0 Å². The molecule has 1 aliphatic heterocycles. The average Bonchev–Trinajstić information content (AvgIpc) is 2.54. The Bertz CT molecular complexity index is 579. The van der Waals surface area contributed by atoms with E-state index < -0.39 is 0 Å². The molecular formula is C19H28ClN3O. The number of aryl methyl sites for hydroxylation is 2. The van der Waals surface area contributed by atoms with Crippen molar-refractivity contribution in [3.8, 4) is 0 Å². The Morgan fingerprint density at radius 1 is 1.29 bits per heavy atom. The minimum absolute atomic E-state index is 0.0377. The number of nitrogens with one attached hydrogen (secondary N) is 2. The topological polar surface area (TPSA) is 44.4 Å². The van der Waals surface area contributed by atoms with E-state index in [1.165, 1.54) is 32.1 Å². The van der Waals surface area contributed by atoms with Crippen LogP contribution in [0.2, 0.25) is 5.02 Å². The molecule has 1 spiro atoms. The Hall–Kier alpha value is -1.10. The van der Waals surface area contributed by atoms with Crippen LogP contribution >= 0.6 is 11.6 Å². The van der Waals surface area contributed by atoms with E-state index in [2.05, 4.69) is 21.6 Å².